The maximum absolute atomic E-state index is 12.4. The Balaban J connectivity index is 1.59. The standard InChI is InChI=1S/C18H18Cl2N2O/c19-15-6-7-16(20)17(12-15)21-18(23)22-10-8-14(9-11-22)13-4-2-1-3-5-13/h1-7,12,14H,8-11H2,(H,21,23). The molecule has 120 valence electrons. The highest BCUT2D eigenvalue weighted by Gasteiger charge is 2.24. The van der Waals surface area contributed by atoms with E-state index < -0.39 is 0 Å². The highest BCUT2D eigenvalue weighted by molar-refractivity contribution is 6.35. The molecule has 0 radical (unpaired) electrons. The highest BCUT2D eigenvalue weighted by Crippen LogP contribution is 2.29. The summed E-state index contributed by atoms with van der Waals surface area (Å²) in [5.74, 6) is 0.523. The van der Waals surface area contributed by atoms with Crippen LogP contribution in [0.5, 0.6) is 0 Å². The molecule has 3 nitrogen and oxygen atoms in total. The monoisotopic (exact) mass is 348 g/mol. The predicted octanol–water partition coefficient (Wildman–Crippen LogP) is 5.40. The molecule has 0 saturated carbocycles. The Labute approximate surface area is 146 Å². The first-order valence-corrected chi connectivity index (χ1v) is 8.45. The van der Waals surface area contributed by atoms with E-state index in [4.69, 9.17) is 23.2 Å². The van der Waals surface area contributed by atoms with Crippen LogP contribution in [0.25, 0.3) is 0 Å². The number of hydrogen-bond acceptors (Lipinski definition) is 1. The van der Waals surface area contributed by atoms with Gasteiger partial charge in [-0.25, -0.2) is 4.79 Å². The van der Waals surface area contributed by atoms with E-state index in [2.05, 4.69) is 29.6 Å². The molecule has 1 aliphatic heterocycles. The molecule has 23 heavy (non-hydrogen) atoms. The molecular formula is C18H18Cl2N2O. The van der Waals surface area contributed by atoms with E-state index in [-0.39, 0.29) is 6.03 Å². The highest BCUT2D eigenvalue weighted by atomic mass is 35.5. The largest absolute Gasteiger partial charge is 0.324 e. The summed E-state index contributed by atoms with van der Waals surface area (Å²) in [6.45, 7) is 1.48. The van der Waals surface area contributed by atoms with Crippen molar-refractivity contribution in [1.82, 2.24) is 4.90 Å². The second-order valence-corrected chi connectivity index (χ2v) is 6.57. The number of benzene rings is 2. The normalized spacial score (nSPS) is 15.5. The van der Waals surface area contributed by atoms with Gasteiger partial charge in [-0.15, -0.1) is 0 Å². The summed E-state index contributed by atoms with van der Waals surface area (Å²) in [4.78, 5) is 14.2. The van der Waals surface area contributed by atoms with Crippen LogP contribution in [0.1, 0.15) is 24.3 Å². The molecule has 0 unspecified atom stereocenters. The Morgan fingerprint density at radius 1 is 1.04 bits per heavy atom. The van der Waals surface area contributed by atoms with Crippen LogP contribution in [0.4, 0.5) is 10.5 Å². The van der Waals surface area contributed by atoms with E-state index in [0.717, 1.165) is 25.9 Å². The van der Waals surface area contributed by atoms with Crippen molar-refractivity contribution >= 4 is 34.9 Å². The number of likely N-dealkylation sites (tertiary alicyclic amines) is 1. The average Bonchev–Trinajstić information content (AvgIpc) is 2.59. The third-order valence-electron chi connectivity index (χ3n) is 4.22. The van der Waals surface area contributed by atoms with Crippen molar-refractivity contribution in [1.29, 1.82) is 0 Å². The maximum Gasteiger partial charge on any atom is 0.321 e. The van der Waals surface area contributed by atoms with Crippen LogP contribution < -0.4 is 5.32 Å². The fourth-order valence-corrected chi connectivity index (χ4v) is 3.27. The van der Waals surface area contributed by atoms with Crippen LogP contribution in [0.15, 0.2) is 48.5 Å². The Morgan fingerprint density at radius 2 is 1.74 bits per heavy atom. The lowest BCUT2D eigenvalue weighted by atomic mass is 9.90. The minimum atomic E-state index is -0.124. The molecule has 2 amide bonds. The van der Waals surface area contributed by atoms with E-state index in [0.29, 0.717) is 21.7 Å². The summed E-state index contributed by atoms with van der Waals surface area (Å²) in [7, 11) is 0. The van der Waals surface area contributed by atoms with E-state index in [1.165, 1.54) is 5.56 Å². The second-order valence-electron chi connectivity index (χ2n) is 5.73. The Kier molecular flexibility index (Phi) is 5.09. The van der Waals surface area contributed by atoms with Crippen molar-refractivity contribution in [2.75, 3.05) is 18.4 Å². The minimum absolute atomic E-state index is 0.124. The van der Waals surface area contributed by atoms with Gasteiger partial charge in [0.2, 0.25) is 0 Å². The molecule has 5 heteroatoms. The first-order chi connectivity index (χ1) is 11.1. The molecular weight excluding hydrogens is 331 g/mol. The van der Waals surface area contributed by atoms with Gasteiger partial charge in [-0.2, -0.15) is 0 Å². The molecule has 3 rings (SSSR count). The second kappa shape index (κ2) is 7.24. The lowest BCUT2D eigenvalue weighted by Crippen LogP contribution is -2.40. The maximum atomic E-state index is 12.4. The third-order valence-corrected chi connectivity index (χ3v) is 4.79. The van der Waals surface area contributed by atoms with E-state index in [9.17, 15) is 4.79 Å². The molecule has 0 bridgehead atoms. The molecule has 1 saturated heterocycles. The van der Waals surface area contributed by atoms with Crippen molar-refractivity contribution in [3.8, 4) is 0 Å². The number of nitrogens with one attached hydrogen (secondary N) is 1. The number of piperidine rings is 1. The van der Waals surface area contributed by atoms with Gasteiger partial charge in [0.25, 0.3) is 0 Å². The number of nitrogens with zero attached hydrogens (tertiary/aromatic N) is 1. The van der Waals surface area contributed by atoms with Gasteiger partial charge >= 0.3 is 6.03 Å². The minimum Gasteiger partial charge on any atom is -0.324 e. The molecule has 1 aliphatic rings. The average molecular weight is 349 g/mol. The summed E-state index contributed by atoms with van der Waals surface area (Å²) < 4.78 is 0. The van der Waals surface area contributed by atoms with Gasteiger partial charge in [-0.1, -0.05) is 53.5 Å². The number of urea groups is 1. The molecule has 2 aromatic rings. The molecule has 1 N–H and O–H groups in total. The first-order valence-electron chi connectivity index (χ1n) is 7.69. The van der Waals surface area contributed by atoms with Crippen LogP contribution in [-0.2, 0) is 0 Å². The van der Waals surface area contributed by atoms with Crippen LogP contribution in [0, 0.1) is 0 Å². The van der Waals surface area contributed by atoms with E-state index >= 15 is 0 Å². The zero-order valence-electron chi connectivity index (χ0n) is 12.6. The number of anilines is 1. The Morgan fingerprint density at radius 3 is 2.43 bits per heavy atom. The molecule has 0 atom stereocenters. The number of amides is 2. The van der Waals surface area contributed by atoms with Crippen molar-refractivity contribution in [3.05, 3.63) is 64.1 Å². The zero-order chi connectivity index (χ0) is 16.2. The Bertz CT molecular complexity index is 683. The fourth-order valence-electron chi connectivity index (χ4n) is 2.93. The Hall–Kier alpha value is -1.71. The molecule has 1 heterocycles. The first kappa shape index (κ1) is 16.2. The SMILES string of the molecule is O=C(Nc1cc(Cl)ccc1Cl)N1CCC(c2ccccc2)CC1. The molecule has 1 fully saturated rings. The van der Waals surface area contributed by atoms with Gasteiger partial charge in [0.15, 0.2) is 0 Å². The number of rotatable bonds is 2. The fraction of sp³-hybridized carbons (Fsp3) is 0.278. The lowest BCUT2D eigenvalue weighted by molar-refractivity contribution is 0.194. The molecule has 0 aliphatic carbocycles. The van der Waals surface area contributed by atoms with Crippen LogP contribution in [0.3, 0.4) is 0 Å². The predicted molar refractivity (Wildman–Crippen MR) is 95.5 cm³/mol. The number of carbonyl (C=O) groups excluding carboxylic acids is 1. The van der Waals surface area contributed by atoms with Crippen LogP contribution in [0.2, 0.25) is 10.0 Å². The molecule has 0 aromatic heterocycles. The van der Waals surface area contributed by atoms with Gasteiger partial charge in [-0.3, -0.25) is 0 Å². The van der Waals surface area contributed by atoms with Crippen LogP contribution >= 0.6 is 23.2 Å². The van der Waals surface area contributed by atoms with Crippen LogP contribution in [-0.4, -0.2) is 24.0 Å². The molecule has 2 aromatic carbocycles. The van der Waals surface area contributed by atoms with E-state index in [1.54, 1.807) is 18.2 Å². The van der Waals surface area contributed by atoms with Crippen molar-refractivity contribution in [3.63, 3.8) is 0 Å². The van der Waals surface area contributed by atoms with E-state index in [1.807, 2.05) is 11.0 Å². The topological polar surface area (TPSA) is 32.3 Å². The van der Waals surface area contributed by atoms with Crippen molar-refractivity contribution < 1.29 is 4.79 Å². The summed E-state index contributed by atoms with van der Waals surface area (Å²) in [5, 5.41) is 3.88. The summed E-state index contributed by atoms with van der Waals surface area (Å²) in [6.07, 6.45) is 1.95. The van der Waals surface area contributed by atoms with Gasteiger partial charge in [0.1, 0.15) is 0 Å². The van der Waals surface area contributed by atoms with Gasteiger partial charge in [0, 0.05) is 18.1 Å². The number of hydrogen-bond donors (Lipinski definition) is 1. The smallest absolute Gasteiger partial charge is 0.321 e. The molecule has 0 spiro atoms. The lowest BCUT2D eigenvalue weighted by Gasteiger charge is -2.32. The van der Waals surface area contributed by atoms with Crippen molar-refractivity contribution in [2.24, 2.45) is 0 Å². The third kappa shape index (κ3) is 3.98. The van der Waals surface area contributed by atoms with Gasteiger partial charge in [-0.05, 0) is 42.5 Å². The van der Waals surface area contributed by atoms with Gasteiger partial charge in [0.05, 0.1) is 10.7 Å². The summed E-state index contributed by atoms with van der Waals surface area (Å²) in [5.41, 5.74) is 1.90. The zero-order valence-corrected chi connectivity index (χ0v) is 14.1. The number of halogens is 2. The summed E-state index contributed by atoms with van der Waals surface area (Å²) >= 11 is 12.0. The number of carbonyl (C=O) groups is 1. The quantitative estimate of drug-likeness (QED) is 0.773. The van der Waals surface area contributed by atoms with Gasteiger partial charge < -0.3 is 10.2 Å². The summed E-state index contributed by atoms with van der Waals surface area (Å²) in [6, 6.07) is 15.4. The van der Waals surface area contributed by atoms with Crippen molar-refractivity contribution in [2.45, 2.75) is 18.8 Å².